The maximum absolute atomic E-state index is 11.8. The summed E-state index contributed by atoms with van der Waals surface area (Å²) in [5.74, 6) is 0. The van der Waals surface area contributed by atoms with Crippen LogP contribution in [0, 0.1) is 20.8 Å². The van der Waals surface area contributed by atoms with E-state index in [-0.39, 0.29) is 5.43 Å². The molecule has 0 aliphatic carbocycles. The fourth-order valence-electron chi connectivity index (χ4n) is 2.11. The van der Waals surface area contributed by atoms with Crippen LogP contribution in [0.2, 0.25) is 0 Å². The monoisotopic (exact) mass is 305 g/mol. The largest absolute Gasteiger partial charge is 0.320 e. The van der Waals surface area contributed by atoms with Gasteiger partial charge in [0.2, 0.25) is 0 Å². The van der Waals surface area contributed by atoms with Crippen molar-refractivity contribution in [1.82, 2.24) is 4.57 Å². The van der Waals surface area contributed by atoms with E-state index in [4.69, 9.17) is 0 Å². The third kappa shape index (κ3) is 2.41. The highest BCUT2D eigenvalue weighted by Gasteiger charge is 2.06. The molecule has 2 aromatic rings. The summed E-state index contributed by atoms with van der Waals surface area (Å²) in [7, 11) is 0. The molecule has 0 aliphatic heterocycles. The van der Waals surface area contributed by atoms with E-state index in [9.17, 15) is 4.79 Å². The minimum absolute atomic E-state index is 0.0883. The van der Waals surface area contributed by atoms with Gasteiger partial charge in [-0.2, -0.15) is 0 Å². The fourth-order valence-corrected chi connectivity index (χ4v) is 2.53. The van der Waals surface area contributed by atoms with Gasteiger partial charge in [0.15, 0.2) is 5.43 Å². The molecule has 0 unspecified atom stereocenters. The predicted molar refractivity (Wildman–Crippen MR) is 78.9 cm³/mol. The number of nitrogens with zero attached hydrogens (tertiary/aromatic N) is 1. The molecule has 1 heterocycles. The molecule has 0 N–H and O–H groups in total. The number of halogens is 1. The molecule has 0 atom stereocenters. The number of aryl methyl sites for hydroxylation is 3. The second-order valence-corrected chi connectivity index (χ2v) is 5.16. The zero-order valence-corrected chi connectivity index (χ0v) is 12.4. The normalized spacial score (nSPS) is 10.7. The van der Waals surface area contributed by atoms with Crippen LogP contribution >= 0.6 is 15.9 Å². The Labute approximate surface area is 115 Å². The second kappa shape index (κ2) is 5.11. The zero-order chi connectivity index (χ0) is 13.3. The molecule has 0 bridgehead atoms. The molecule has 0 fully saturated rings. The molecule has 0 amide bonds. The van der Waals surface area contributed by atoms with E-state index < -0.39 is 0 Å². The third-order valence-electron chi connectivity index (χ3n) is 3.08. The standard InChI is InChI=1S/C15H16BrNO/c1-10-4-5-14(11(2)6-10)17-9-13(8-16)15(18)7-12(17)3/h4-7,9H,8H2,1-3H3. The quantitative estimate of drug-likeness (QED) is 0.776. The maximum Gasteiger partial charge on any atom is 0.185 e. The van der Waals surface area contributed by atoms with Crippen LogP contribution in [-0.4, -0.2) is 4.57 Å². The van der Waals surface area contributed by atoms with Crippen LogP contribution in [-0.2, 0) is 5.33 Å². The lowest BCUT2D eigenvalue weighted by atomic mass is 10.1. The lowest BCUT2D eigenvalue weighted by Gasteiger charge is -2.15. The summed E-state index contributed by atoms with van der Waals surface area (Å²) in [6, 6.07) is 8.03. The summed E-state index contributed by atoms with van der Waals surface area (Å²) >= 11 is 3.36. The topological polar surface area (TPSA) is 22.0 Å². The summed E-state index contributed by atoms with van der Waals surface area (Å²) in [5.41, 5.74) is 5.40. The number of hydrogen-bond donors (Lipinski definition) is 0. The van der Waals surface area contributed by atoms with E-state index in [1.54, 1.807) is 6.07 Å². The van der Waals surface area contributed by atoms with Gasteiger partial charge >= 0.3 is 0 Å². The molecule has 1 aromatic carbocycles. The Morgan fingerprint density at radius 2 is 1.89 bits per heavy atom. The van der Waals surface area contributed by atoms with Gasteiger partial charge in [0.05, 0.1) is 0 Å². The Kier molecular flexibility index (Phi) is 3.71. The van der Waals surface area contributed by atoms with Gasteiger partial charge in [-0.3, -0.25) is 4.79 Å². The SMILES string of the molecule is Cc1ccc(-n2cc(CBr)c(=O)cc2C)c(C)c1. The number of alkyl halides is 1. The lowest BCUT2D eigenvalue weighted by Crippen LogP contribution is -2.13. The molecule has 3 heteroatoms. The van der Waals surface area contributed by atoms with Crippen molar-refractivity contribution < 1.29 is 0 Å². The van der Waals surface area contributed by atoms with Gasteiger partial charge < -0.3 is 4.57 Å². The van der Waals surface area contributed by atoms with Crippen LogP contribution in [0.1, 0.15) is 22.4 Å². The van der Waals surface area contributed by atoms with Crippen molar-refractivity contribution in [2.24, 2.45) is 0 Å². The highest BCUT2D eigenvalue weighted by molar-refractivity contribution is 9.08. The molecular weight excluding hydrogens is 290 g/mol. The third-order valence-corrected chi connectivity index (χ3v) is 3.68. The fraction of sp³-hybridized carbons (Fsp3) is 0.267. The first kappa shape index (κ1) is 13.1. The first-order valence-electron chi connectivity index (χ1n) is 5.88. The van der Waals surface area contributed by atoms with Gasteiger partial charge in [-0.15, -0.1) is 0 Å². The van der Waals surface area contributed by atoms with Gasteiger partial charge in [-0.1, -0.05) is 33.6 Å². The van der Waals surface area contributed by atoms with Crippen molar-refractivity contribution in [1.29, 1.82) is 0 Å². The Balaban J connectivity index is 2.67. The van der Waals surface area contributed by atoms with Crippen molar-refractivity contribution in [2.45, 2.75) is 26.1 Å². The van der Waals surface area contributed by atoms with Gasteiger partial charge in [0.25, 0.3) is 0 Å². The van der Waals surface area contributed by atoms with Crippen LogP contribution in [0.4, 0.5) is 0 Å². The van der Waals surface area contributed by atoms with Crippen LogP contribution in [0.15, 0.2) is 35.3 Å². The molecule has 1 aromatic heterocycles. The first-order valence-corrected chi connectivity index (χ1v) is 7.01. The van der Waals surface area contributed by atoms with Crippen LogP contribution in [0.5, 0.6) is 0 Å². The highest BCUT2D eigenvalue weighted by atomic mass is 79.9. The number of hydrogen-bond acceptors (Lipinski definition) is 1. The van der Waals surface area contributed by atoms with Crippen molar-refractivity contribution in [2.75, 3.05) is 0 Å². The Bertz CT molecular complexity index is 643. The van der Waals surface area contributed by atoms with Gasteiger partial charge in [-0.25, -0.2) is 0 Å². The summed E-state index contributed by atoms with van der Waals surface area (Å²) in [6.45, 7) is 6.13. The van der Waals surface area contributed by atoms with Crippen molar-refractivity contribution in [3.63, 3.8) is 0 Å². The average Bonchev–Trinajstić information content (AvgIpc) is 2.30. The van der Waals surface area contributed by atoms with Crippen molar-refractivity contribution in [3.05, 3.63) is 63.1 Å². The Morgan fingerprint density at radius 3 is 2.50 bits per heavy atom. The molecule has 2 rings (SSSR count). The first-order chi connectivity index (χ1) is 8.52. The predicted octanol–water partition coefficient (Wildman–Crippen LogP) is 3.66. The van der Waals surface area contributed by atoms with E-state index in [2.05, 4.69) is 52.5 Å². The molecule has 0 spiro atoms. The molecule has 0 radical (unpaired) electrons. The maximum atomic E-state index is 11.8. The highest BCUT2D eigenvalue weighted by Crippen LogP contribution is 2.18. The summed E-state index contributed by atoms with van der Waals surface area (Å²) in [4.78, 5) is 11.8. The van der Waals surface area contributed by atoms with E-state index in [1.165, 1.54) is 11.1 Å². The van der Waals surface area contributed by atoms with Crippen LogP contribution < -0.4 is 5.43 Å². The minimum Gasteiger partial charge on any atom is -0.320 e. The smallest absolute Gasteiger partial charge is 0.185 e. The Morgan fingerprint density at radius 1 is 1.17 bits per heavy atom. The average molecular weight is 306 g/mol. The number of benzene rings is 1. The number of rotatable bonds is 2. The van der Waals surface area contributed by atoms with Gasteiger partial charge in [0.1, 0.15) is 0 Å². The van der Waals surface area contributed by atoms with Crippen LogP contribution in [0.3, 0.4) is 0 Å². The zero-order valence-electron chi connectivity index (χ0n) is 10.8. The van der Waals surface area contributed by atoms with Crippen molar-refractivity contribution >= 4 is 15.9 Å². The van der Waals surface area contributed by atoms with E-state index in [1.807, 2.05) is 13.1 Å². The lowest BCUT2D eigenvalue weighted by molar-refractivity contribution is 0.946. The molecule has 94 valence electrons. The van der Waals surface area contributed by atoms with E-state index in [0.29, 0.717) is 5.33 Å². The molecule has 0 saturated heterocycles. The molecule has 0 aliphatic rings. The minimum atomic E-state index is 0.0883. The van der Waals surface area contributed by atoms with Gasteiger partial charge in [-0.05, 0) is 32.4 Å². The van der Waals surface area contributed by atoms with Crippen LogP contribution in [0.25, 0.3) is 5.69 Å². The second-order valence-electron chi connectivity index (χ2n) is 4.60. The molecule has 18 heavy (non-hydrogen) atoms. The van der Waals surface area contributed by atoms with E-state index >= 15 is 0 Å². The summed E-state index contributed by atoms with van der Waals surface area (Å²) < 4.78 is 2.08. The van der Waals surface area contributed by atoms with Crippen molar-refractivity contribution in [3.8, 4) is 5.69 Å². The van der Waals surface area contributed by atoms with E-state index in [0.717, 1.165) is 16.9 Å². The molecule has 2 nitrogen and oxygen atoms in total. The number of pyridine rings is 1. The number of aromatic nitrogens is 1. The molecular formula is C15H16BrNO. The summed E-state index contributed by atoms with van der Waals surface area (Å²) in [6.07, 6.45) is 1.92. The van der Waals surface area contributed by atoms with Gasteiger partial charge in [0, 0.05) is 34.5 Å². The summed E-state index contributed by atoms with van der Waals surface area (Å²) in [5, 5.41) is 0.580. The Hall–Kier alpha value is -1.35. The molecule has 0 saturated carbocycles.